The molecule has 1 heterocycles. The van der Waals surface area contributed by atoms with Crippen molar-refractivity contribution in [2.45, 2.75) is 83.1 Å². The van der Waals surface area contributed by atoms with E-state index in [-0.39, 0.29) is 40.4 Å². The van der Waals surface area contributed by atoms with Crippen molar-refractivity contribution in [2.75, 3.05) is 94.7 Å². The molecule has 1 aromatic heterocycles. The molecule has 0 aliphatic carbocycles. The Morgan fingerprint density at radius 3 is 0.622 bits per heavy atom. The molecule has 1 aromatic rings. The molecule has 0 atom stereocenters. The predicted molar refractivity (Wildman–Crippen MR) is 181 cm³/mol. The second-order valence-corrected chi connectivity index (χ2v) is 14.2. The Hall–Kier alpha value is -1.83. The molecule has 264 valence electrons. The molecular weight excluding hydrogens is 576 g/mol. The average molecular weight is 643 g/mol. The van der Waals surface area contributed by atoms with E-state index in [1.54, 1.807) is 0 Å². The quantitative estimate of drug-likeness (QED) is 0.104. The molecule has 0 spiro atoms. The second kappa shape index (κ2) is 23.5. The largest absolute Gasteiger partial charge is 0.361 e. The Bertz CT molecular complexity index is 710. The van der Waals surface area contributed by atoms with E-state index in [0.717, 1.165) is 0 Å². The lowest BCUT2D eigenvalue weighted by Gasteiger charge is -2.29. The van der Waals surface area contributed by atoms with Gasteiger partial charge in [0.2, 0.25) is 17.8 Å². The molecule has 12 heteroatoms. The van der Waals surface area contributed by atoms with Gasteiger partial charge in [-0.25, -0.2) is 0 Å². The summed E-state index contributed by atoms with van der Waals surface area (Å²) >= 11 is 0. The number of nitrogens with zero attached hydrogens (tertiary/aromatic N) is 6. The van der Waals surface area contributed by atoms with Gasteiger partial charge in [0.05, 0.1) is 39.6 Å². The molecule has 0 unspecified atom stereocenters. The minimum absolute atomic E-state index is 0.264. The highest BCUT2D eigenvalue weighted by Gasteiger charge is 2.22. The Balaban J connectivity index is 3.60. The summed E-state index contributed by atoms with van der Waals surface area (Å²) in [6, 6.07) is 0. The maximum Gasteiger partial charge on any atom is 0.235 e. The monoisotopic (exact) mass is 643 g/mol. The van der Waals surface area contributed by atoms with Gasteiger partial charge < -0.3 is 28.4 Å². The maximum absolute atomic E-state index is 6.05. The van der Waals surface area contributed by atoms with Crippen LogP contribution in [0, 0.1) is 35.5 Å². The predicted octanol–water partition coefficient (Wildman–Crippen LogP) is 6.07. The lowest BCUT2D eigenvalue weighted by molar-refractivity contribution is 0.0604. The zero-order valence-corrected chi connectivity index (χ0v) is 30.6. The van der Waals surface area contributed by atoms with Gasteiger partial charge in [0.1, 0.15) is 40.4 Å². The van der Waals surface area contributed by atoms with Crippen molar-refractivity contribution in [3.8, 4) is 0 Å². The van der Waals surface area contributed by atoms with Gasteiger partial charge in [-0.05, 0) is 35.5 Å². The van der Waals surface area contributed by atoms with Crippen LogP contribution in [0.1, 0.15) is 83.1 Å². The highest BCUT2D eigenvalue weighted by molar-refractivity contribution is 5.45. The third-order valence-corrected chi connectivity index (χ3v) is 5.64. The van der Waals surface area contributed by atoms with Crippen molar-refractivity contribution in [2.24, 2.45) is 35.5 Å². The number of rotatable bonds is 27. The minimum atomic E-state index is 0.264. The third-order valence-electron chi connectivity index (χ3n) is 5.64. The molecule has 45 heavy (non-hydrogen) atoms. The summed E-state index contributed by atoms with van der Waals surface area (Å²) in [5.74, 6) is 3.57. The molecule has 0 saturated heterocycles. The molecule has 0 N–H and O–H groups in total. The molecule has 0 aliphatic rings. The van der Waals surface area contributed by atoms with Gasteiger partial charge >= 0.3 is 0 Å². The summed E-state index contributed by atoms with van der Waals surface area (Å²) in [6.07, 6.45) is 0. The minimum Gasteiger partial charge on any atom is -0.361 e. The standard InChI is InChI=1S/C33H66N6O6/c1-25(2)13-40-19-37(20-41-14-26(3)4)31-34-32(38(21-42-15-27(5)6)22-43-16-28(7)8)36-33(35-31)39(23-44-17-29(9)10)24-45-18-30(11)12/h25-30H,13-24H2,1-12H3. The fourth-order valence-corrected chi connectivity index (χ4v) is 3.62. The molecule has 0 bridgehead atoms. The van der Waals surface area contributed by atoms with Gasteiger partial charge in [-0.1, -0.05) is 83.1 Å². The van der Waals surface area contributed by atoms with Gasteiger partial charge in [-0.15, -0.1) is 0 Å². The van der Waals surface area contributed by atoms with Crippen molar-refractivity contribution in [1.82, 2.24) is 15.0 Å². The van der Waals surface area contributed by atoms with E-state index in [2.05, 4.69) is 83.1 Å². The van der Waals surface area contributed by atoms with Gasteiger partial charge in [0.15, 0.2) is 0 Å². The summed E-state index contributed by atoms with van der Waals surface area (Å²) in [7, 11) is 0. The molecule has 0 fully saturated rings. The molecule has 0 radical (unpaired) electrons. The van der Waals surface area contributed by atoms with Crippen LogP contribution in [0.25, 0.3) is 0 Å². The van der Waals surface area contributed by atoms with E-state index >= 15 is 0 Å². The summed E-state index contributed by atoms with van der Waals surface area (Å²) < 4.78 is 36.3. The molecule has 12 nitrogen and oxygen atoms in total. The number of hydrogen-bond acceptors (Lipinski definition) is 12. The molecule has 1 rings (SSSR count). The fourth-order valence-electron chi connectivity index (χ4n) is 3.62. The molecule has 0 aromatic carbocycles. The number of ether oxygens (including phenoxy) is 6. The second-order valence-electron chi connectivity index (χ2n) is 14.2. The summed E-state index contributed by atoms with van der Waals surface area (Å²) in [4.78, 5) is 20.5. The van der Waals surface area contributed by atoms with Crippen LogP contribution < -0.4 is 14.7 Å². The SMILES string of the molecule is CC(C)COCN(COCC(C)C)c1nc(N(COCC(C)C)COCC(C)C)nc(N(COCC(C)C)COCC(C)C)n1. The van der Waals surface area contributed by atoms with Crippen molar-refractivity contribution in [3.63, 3.8) is 0 Å². The van der Waals surface area contributed by atoms with E-state index in [4.69, 9.17) is 43.4 Å². The van der Waals surface area contributed by atoms with Gasteiger partial charge in [-0.3, -0.25) is 14.7 Å². The summed E-state index contributed by atoms with van der Waals surface area (Å²) in [5, 5.41) is 0. The van der Waals surface area contributed by atoms with Crippen LogP contribution in [-0.2, 0) is 28.4 Å². The lowest BCUT2D eigenvalue weighted by atomic mass is 10.2. The van der Waals surface area contributed by atoms with E-state index in [1.807, 2.05) is 14.7 Å². The molecule has 0 amide bonds. The van der Waals surface area contributed by atoms with Crippen LogP contribution in [0.15, 0.2) is 0 Å². The summed E-state index contributed by atoms with van der Waals surface area (Å²) in [5.41, 5.74) is 0. The number of aromatic nitrogens is 3. The summed E-state index contributed by atoms with van der Waals surface area (Å²) in [6.45, 7) is 30.6. The lowest BCUT2D eigenvalue weighted by Crippen LogP contribution is -2.37. The maximum atomic E-state index is 6.05. The first-order chi connectivity index (χ1) is 21.3. The Morgan fingerprint density at radius 1 is 0.333 bits per heavy atom. The van der Waals surface area contributed by atoms with Crippen LogP contribution in [0.4, 0.5) is 17.8 Å². The Labute approximate surface area is 274 Å². The van der Waals surface area contributed by atoms with E-state index in [9.17, 15) is 0 Å². The normalized spacial score (nSPS) is 12.1. The highest BCUT2D eigenvalue weighted by atomic mass is 16.5. The fraction of sp³-hybridized carbons (Fsp3) is 0.909. The average Bonchev–Trinajstić information content (AvgIpc) is 2.93. The molecular formula is C33H66N6O6. The first-order valence-electron chi connectivity index (χ1n) is 16.8. The highest BCUT2D eigenvalue weighted by Crippen LogP contribution is 2.21. The van der Waals surface area contributed by atoms with Crippen LogP contribution >= 0.6 is 0 Å². The van der Waals surface area contributed by atoms with E-state index in [0.29, 0.717) is 93.0 Å². The van der Waals surface area contributed by atoms with E-state index < -0.39 is 0 Å². The van der Waals surface area contributed by atoms with Crippen molar-refractivity contribution in [3.05, 3.63) is 0 Å². The Morgan fingerprint density at radius 2 is 0.489 bits per heavy atom. The first-order valence-corrected chi connectivity index (χ1v) is 16.8. The van der Waals surface area contributed by atoms with Gasteiger partial charge in [0.25, 0.3) is 0 Å². The van der Waals surface area contributed by atoms with Gasteiger partial charge in [0, 0.05) is 0 Å². The van der Waals surface area contributed by atoms with Crippen molar-refractivity contribution in [1.29, 1.82) is 0 Å². The van der Waals surface area contributed by atoms with Crippen LogP contribution in [-0.4, -0.2) is 95.0 Å². The zero-order chi connectivity index (χ0) is 33.8. The van der Waals surface area contributed by atoms with Gasteiger partial charge in [-0.2, -0.15) is 15.0 Å². The number of anilines is 3. The van der Waals surface area contributed by atoms with Crippen LogP contribution in [0.3, 0.4) is 0 Å². The first kappa shape index (κ1) is 41.2. The third kappa shape index (κ3) is 20.1. The zero-order valence-electron chi connectivity index (χ0n) is 30.6. The number of hydrogen-bond donors (Lipinski definition) is 0. The van der Waals surface area contributed by atoms with Crippen LogP contribution in [0.5, 0.6) is 0 Å². The van der Waals surface area contributed by atoms with Crippen LogP contribution in [0.2, 0.25) is 0 Å². The Kier molecular flexibility index (Phi) is 21.5. The van der Waals surface area contributed by atoms with Crippen molar-refractivity contribution >= 4 is 17.8 Å². The molecule has 0 aliphatic heterocycles. The molecule has 0 saturated carbocycles. The van der Waals surface area contributed by atoms with Crippen molar-refractivity contribution < 1.29 is 28.4 Å². The van der Waals surface area contributed by atoms with E-state index in [1.165, 1.54) is 0 Å². The topological polar surface area (TPSA) is 104 Å². The smallest absolute Gasteiger partial charge is 0.235 e.